The van der Waals surface area contributed by atoms with Crippen LogP contribution in [0.25, 0.3) is 5.70 Å². The fourth-order valence-corrected chi connectivity index (χ4v) is 5.66. The molecule has 4 heterocycles. The molecule has 1 amide bonds. The third kappa shape index (κ3) is 5.97. The molecule has 1 unspecified atom stereocenters. The number of likely N-dealkylation sites (tertiary alicyclic amines) is 1. The van der Waals surface area contributed by atoms with Gasteiger partial charge in [0, 0.05) is 30.0 Å². The number of aromatic nitrogens is 3. The van der Waals surface area contributed by atoms with Crippen molar-refractivity contribution in [2.45, 2.75) is 44.3 Å². The number of para-hydroxylation sites is 1. The van der Waals surface area contributed by atoms with Gasteiger partial charge in [-0.15, -0.1) is 17.8 Å². The average molecular weight is 576 g/mol. The summed E-state index contributed by atoms with van der Waals surface area (Å²) in [4.78, 5) is 24.8. The molecule has 0 radical (unpaired) electrons. The monoisotopic (exact) mass is 575 g/mol. The zero-order valence-electron chi connectivity index (χ0n) is 21.1. The van der Waals surface area contributed by atoms with Crippen LogP contribution in [0.5, 0.6) is 5.75 Å². The normalized spacial score (nSPS) is 17.7. The van der Waals surface area contributed by atoms with Gasteiger partial charge < -0.3 is 9.64 Å². The molecule has 210 valence electrons. The van der Waals surface area contributed by atoms with Crippen molar-refractivity contribution in [2.75, 3.05) is 19.7 Å². The molecule has 2 aliphatic heterocycles. The van der Waals surface area contributed by atoms with Crippen LogP contribution >= 0.6 is 11.3 Å². The van der Waals surface area contributed by atoms with Crippen molar-refractivity contribution >= 4 is 22.9 Å². The van der Waals surface area contributed by atoms with Crippen molar-refractivity contribution in [2.24, 2.45) is 0 Å². The minimum Gasteiger partial charge on any atom is -0.481 e. The van der Waals surface area contributed by atoms with Crippen LogP contribution in [0.4, 0.5) is 17.6 Å². The lowest BCUT2D eigenvalue weighted by Crippen LogP contribution is -2.40. The Morgan fingerprint density at radius 2 is 2.00 bits per heavy atom. The number of hydrogen-bond donors (Lipinski definition) is 1. The van der Waals surface area contributed by atoms with Crippen LogP contribution in [-0.2, 0) is 16.2 Å². The summed E-state index contributed by atoms with van der Waals surface area (Å²) in [5.41, 5.74) is 3.75. The first kappa shape index (κ1) is 27.7. The topological polar surface area (TPSA) is 81.5 Å². The van der Waals surface area contributed by atoms with Gasteiger partial charge in [-0.05, 0) is 31.1 Å². The van der Waals surface area contributed by atoms with Gasteiger partial charge in [0.25, 0.3) is 12.9 Å². The second-order valence-corrected chi connectivity index (χ2v) is 10.1. The van der Waals surface area contributed by atoms with Crippen molar-refractivity contribution in [1.82, 2.24) is 25.1 Å². The number of amides is 1. The van der Waals surface area contributed by atoms with E-state index in [4.69, 9.17) is 21.0 Å². The second kappa shape index (κ2) is 12.1. The summed E-state index contributed by atoms with van der Waals surface area (Å²) in [5, 5.41) is 6.36. The Morgan fingerprint density at radius 3 is 2.73 bits per heavy atom. The summed E-state index contributed by atoms with van der Waals surface area (Å²) >= 11 is 1.51. The smallest absolute Gasteiger partial charge is 0.282 e. The van der Waals surface area contributed by atoms with E-state index in [0.717, 1.165) is 22.0 Å². The Morgan fingerprint density at radius 1 is 1.23 bits per heavy atom. The summed E-state index contributed by atoms with van der Waals surface area (Å²) in [5.74, 6) is 2.76. The molecule has 1 atom stereocenters. The highest BCUT2D eigenvalue weighted by atomic mass is 32.1. The lowest BCUT2D eigenvalue weighted by Gasteiger charge is -2.31. The first-order valence-corrected chi connectivity index (χ1v) is 13.4. The van der Waals surface area contributed by atoms with Crippen LogP contribution in [0.15, 0.2) is 41.8 Å². The van der Waals surface area contributed by atoms with E-state index >= 15 is 0 Å². The van der Waals surface area contributed by atoms with E-state index < -0.39 is 36.7 Å². The highest BCUT2D eigenvalue weighted by Gasteiger charge is 2.29. The fourth-order valence-electron chi connectivity index (χ4n) is 4.67. The Kier molecular flexibility index (Phi) is 8.37. The lowest BCUT2D eigenvalue weighted by molar-refractivity contribution is -0.133. The Labute approximate surface area is 231 Å². The number of terminal acetylenes is 1. The van der Waals surface area contributed by atoms with Crippen molar-refractivity contribution in [3.63, 3.8) is 0 Å². The first-order chi connectivity index (χ1) is 19.3. The zero-order chi connectivity index (χ0) is 28.2. The highest BCUT2D eigenvalue weighted by molar-refractivity contribution is 7.09. The van der Waals surface area contributed by atoms with E-state index in [0.29, 0.717) is 42.4 Å². The van der Waals surface area contributed by atoms with Crippen LogP contribution in [-0.4, -0.2) is 45.3 Å². The van der Waals surface area contributed by atoms with Gasteiger partial charge in [0.05, 0.1) is 16.4 Å². The molecule has 0 saturated carbocycles. The van der Waals surface area contributed by atoms with Gasteiger partial charge in [-0.3, -0.25) is 19.8 Å². The van der Waals surface area contributed by atoms with Crippen molar-refractivity contribution in [3.8, 4) is 18.1 Å². The van der Waals surface area contributed by atoms with Gasteiger partial charge in [0.1, 0.15) is 36.4 Å². The summed E-state index contributed by atoms with van der Waals surface area (Å²) in [6.07, 6.45) is 2.09. The number of nitrogens with zero attached hydrogens (tertiary/aromatic N) is 4. The fraction of sp³-hybridized carbons (Fsp3) is 0.370. The van der Waals surface area contributed by atoms with Gasteiger partial charge in [0.2, 0.25) is 5.91 Å². The molecule has 3 aromatic rings. The molecule has 1 fully saturated rings. The molecule has 1 N–H and O–H groups in total. The number of piperidine rings is 1. The molecule has 40 heavy (non-hydrogen) atoms. The number of hydrogen-bond acceptors (Lipinski definition) is 7. The number of carbonyl (C=O) groups excluding carboxylic acids is 1. The van der Waals surface area contributed by atoms with E-state index in [1.807, 2.05) is 35.7 Å². The maximum Gasteiger partial charge on any atom is 0.282 e. The van der Waals surface area contributed by atoms with Crippen molar-refractivity contribution in [3.05, 3.63) is 69.4 Å². The van der Waals surface area contributed by atoms with Gasteiger partial charge in [0.15, 0.2) is 0 Å². The molecule has 0 bridgehead atoms. The number of rotatable bonds is 9. The minimum absolute atomic E-state index is 0.117. The third-order valence-corrected chi connectivity index (χ3v) is 7.71. The minimum atomic E-state index is -3.01. The Hall–Kier alpha value is -3.89. The maximum atomic E-state index is 13.3. The molecule has 1 saturated heterocycles. The van der Waals surface area contributed by atoms with E-state index in [9.17, 15) is 22.4 Å². The van der Waals surface area contributed by atoms with E-state index in [-0.39, 0.29) is 18.6 Å². The van der Waals surface area contributed by atoms with E-state index in [2.05, 4.69) is 16.5 Å². The Balaban J connectivity index is 1.19. The number of benzene rings is 1. The molecule has 8 nitrogen and oxygen atoms in total. The van der Waals surface area contributed by atoms with Crippen LogP contribution < -0.4 is 10.2 Å². The summed E-state index contributed by atoms with van der Waals surface area (Å²) < 4.78 is 58.7. The van der Waals surface area contributed by atoms with Crippen LogP contribution in [0.3, 0.4) is 0 Å². The number of thiazole rings is 1. The van der Waals surface area contributed by atoms with Crippen LogP contribution in [0.2, 0.25) is 0 Å². The number of alkyl halides is 4. The maximum absolute atomic E-state index is 13.3. The van der Waals surface area contributed by atoms with Gasteiger partial charge >= 0.3 is 0 Å². The second-order valence-electron chi connectivity index (χ2n) is 9.23. The first-order valence-electron chi connectivity index (χ1n) is 12.5. The number of carbonyl (C=O) groups is 1. The summed E-state index contributed by atoms with van der Waals surface area (Å²) in [6, 6.07) is 8.11. The molecule has 0 aliphatic carbocycles. The molecule has 2 aromatic heterocycles. The predicted molar refractivity (Wildman–Crippen MR) is 139 cm³/mol. The molecule has 13 heteroatoms. The molecular formula is C27H25F4N5O3S. The Bertz CT molecular complexity index is 1430. The predicted octanol–water partition coefficient (Wildman–Crippen LogP) is 5.25. The number of nitrogens with one attached hydrogen (secondary N) is 1. The van der Waals surface area contributed by atoms with Crippen molar-refractivity contribution < 1.29 is 31.9 Å². The number of halogens is 4. The van der Waals surface area contributed by atoms with Crippen LogP contribution in [0.1, 0.15) is 65.4 Å². The molecular weight excluding hydrogens is 550 g/mol. The van der Waals surface area contributed by atoms with E-state index in [1.54, 1.807) is 4.90 Å². The molecule has 2 aliphatic rings. The number of hydroxylamine groups is 1. The molecule has 5 rings (SSSR count). The summed E-state index contributed by atoms with van der Waals surface area (Å²) in [7, 11) is 0. The van der Waals surface area contributed by atoms with Gasteiger partial charge in [-0.25, -0.2) is 22.5 Å². The zero-order valence-corrected chi connectivity index (χ0v) is 21.9. The quantitative estimate of drug-likeness (QED) is 0.277. The largest absolute Gasteiger partial charge is 0.481 e. The molecule has 1 aromatic carbocycles. The molecule has 0 spiro atoms. The SMILES string of the molecule is C#CCOc1ccccc1C1C=C(c2csc(C3CCN(C(=O)Cn4nc(C(F)F)cc4C(F)F)CC3)n2)NO1. The third-order valence-electron chi connectivity index (χ3n) is 6.71. The van der Waals surface area contributed by atoms with Gasteiger partial charge in [-0.2, -0.15) is 5.10 Å². The number of ether oxygens (including phenoxy) is 1. The van der Waals surface area contributed by atoms with Gasteiger partial charge in [-0.1, -0.05) is 24.1 Å². The van der Waals surface area contributed by atoms with E-state index in [1.165, 1.54) is 11.3 Å². The van der Waals surface area contributed by atoms with Crippen LogP contribution in [0, 0.1) is 12.3 Å². The summed E-state index contributed by atoms with van der Waals surface area (Å²) in [6.45, 7) is 0.418. The lowest BCUT2D eigenvalue weighted by atomic mass is 9.97. The highest BCUT2D eigenvalue weighted by Crippen LogP contribution is 2.36. The average Bonchev–Trinajstić information content (AvgIpc) is 3.72. The van der Waals surface area contributed by atoms with Crippen molar-refractivity contribution in [1.29, 1.82) is 0 Å². The standard InChI is InChI=1S/C27H25F4N5O3S/c1-2-11-38-22-6-4-3-5-17(22)23-13-18(34-39-23)20-15-40-27(32-20)16-7-9-35(10-8-16)24(37)14-36-21(26(30)31)12-19(33-36)25(28)29/h1,3-6,12-13,15-16,23,25-26,34H,7-11,14H2.